The predicted molar refractivity (Wildman–Crippen MR) is 223 cm³/mol. The molecule has 3 aromatic heterocycles. The van der Waals surface area contributed by atoms with Gasteiger partial charge in [-0.15, -0.1) is 0 Å². The summed E-state index contributed by atoms with van der Waals surface area (Å²) >= 11 is 0. The van der Waals surface area contributed by atoms with Crippen LogP contribution in [0.1, 0.15) is 33.4 Å². The molecule has 7 aromatic carbocycles. The fourth-order valence-corrected chi connectivity index (χ4v) is 9.83. The average Bonchev–Trinajstić information content (AvgIpc) is 3.69. The minimum atomic E-state index is -0.565. The molecule has 3 nitrogen and oxygen atoms in total. The van der Waals surface area contributed by atoms with Crippen molar-refractivity contribution in [2.24, 2.45) is 0 Å². The van der Waals surface area contributed by atoms with E-state index in [1.807, 2.05) is 30.7 Å². The van der Waals surface area contributed by atoms with E-state index in [1.54, 1.807) is 0 Å². The maximum Gasteiger partial charge on any atom is 0.137 e. The summed E-state index contributed by atoms with van der Waals surface area (Å²) in [5, 5.41) is 7.44. The van der Waals surface area contributed by atoms with E-state index in [1.165, 1.54) is 77.2 Å². The lowest BCUT2D eigenvalue weighted by molar-refractivity contribution is 0.774. The number of hydrogen-bond donors (Lipinski definition) is 0. The lowest BCUT2D eigenvalue weighted by atomic mass is 9.64. The molecular formula is C51H31N3. The zero-order chi connectivity index (χ0) is 35.4. The highest BCUT2D eigenvalue weighted by molar-refractivity contribution is 6.19. The third-order valence-corrected chi connectivity index (χ3v) is 12.0. The van der Waals surface area contributed by atoms with Gasteiger partial charge in [0.05, 0.1) is 16.4 Å². The lowest BCUT2D eigenvalue weighted by Gasteiger charge is -2.36. The Hall–Kier alpha value is -7.10. The maximum atomic E-state index is 4.73. The number of benzene rings is 7. The fraction of sp³-hybridized carbons (Fsp3) is 0.0196. The van der Waals surface area contributed by atoms with Crippen LogP contribution < -0.4 is 0 Å². The van der Waals surface area contributed by atoms with E-state index < -0.39 is 5.41 Å². The third kappa shape index (κ3) is 3.80. The third-order valence-electron chi connectivity index (χ3n) is 12.0. The second-order valence-corrected chi connectivity index (χ2v) is 14.5. The zero-order valence-electron chi connectivity index (χ0n) is 29.2. The van der Waals surface area contributed by atoms with Crippen LogP contribution in [0, 0.1) is 0 Å². The van der Waals surface area contributed by atoms with Crippen LogP contribution in [0.25, 0.3) is 83.6 Å². The number of aromatic nitrogens is 3. The predicted octanol–water partition coefficient (Wildman–Crippen LogP) is 12.4. The summed E-state index contributed by atoms with van der Waals surface area (Å²) in [6.07, 6.45) is 10.3. The molecule has 12 rings (SSSR count). The summed E-state index contributed by atoms with van der Waals surface area (Å²) in [7, 11) is 0. The average molecular weight is 686 g/mol. The maximum absolute atomic E-state index is 4.73. The van der Waals surface area contributed by atoms with E-state index in [0.29, 0.717) is 0 Å². The van der Waals surface area contributed by atoms with Crippen LogP contribution in [0.15, 0.2) is 176 Å². The topological polar surface area (TPSA) is 30.7 Å². The standard InChI is InChI=1S/C51H31N3/c1-7-17-43-32(11-1)20-21-33-22-23-35(34-24-25-46-41(29-34)42-31-52-28-26-47(42)54(46)48-19-9-10-27-53-48)30-45(33)51(43)44-18-8-6-16-40(44)49-38-14-4-2-12-36(38)37-13-3-5-15-39(37)50(49)51/h1-31H. The Morgan fingerprint density at radius 2 is 1.11 bits per heavy atom. The molecule has 0 fully saturated rings. The van der Waals surface area contributed by atoms with Crippen molar-refractivity contribution in [1.82, 2.24) is 14.5 Å². The molecule has 0 bridgehead atoms. The summed E-state index contributed by atoms with van der Waals surface area (Å²) in [6.45, 7) is 0. The molecule has 2 aliphatic rings. The van der Waals surface area contributed by atoms with Gasteiger partial charge in [0.2, 0.25) is 0 Å². The van der Waals surface area contributed by atoms with Crippen LogP contribution in [0.3, 0.4) is 0 Å². The highest BCUT2D eigenvalue weighted by atomic mass is 15.1. The molecule has 0 aliphatic heterocycles. The second-order valence-electron chi connectivity index (χ2n) is 14.5. The van der Waals surface area contributed by atoms with Crippen LogP contribution in [0.4, 0.5) is 0 Å². The van der Waals surface area contributed by atoms with E-state index >= 15 is 0 Å². The van der Waals surface area contributed by atoms with Gasteiger partial charge in [-0.3, -0.25) is 9.55 Å². The molecule has 3 heterocycles. The molecule has 0 amide bonds. The van der Waals surface area contributed by atoms with Gasteiger partial charge in [0.15, 0.2) is 0 Å². The molecule has 0 radical (unpaired) electrons. The molecule has 250 valence electrons. The minimum absolute atomic E-state index is 0.565. The van der Waals surface area contributed by atoms with Crippen molar-refractivity contribution in [2.75, 3.05) is 0 Å². The molecule has 3 heteroatoms. The molecule has 2 aliphatic carbocycles. The van der Waals surface area contributed by atoms with Gasteiger partial charge in [0, 0.05) is 29.4 Å². The normalized spacial score (nSPS) is 15.4. The molecule has 1 spiro atoms. The van der Waals surface area contributed by atoms with Crippen molar-refractivity contribution in [3.05, 3.63) is 210 Å². The van der Waals surface area contributed by atoms with Crippen molar-refractivity contribution < 1.29 is 0 Å². The van der Waals surface area contributed by atoms with Crippen LogP contribution in [0.2, 0.25) is 0 Å². The van der Waals surface area contributed by atoms with Crippen LogP contribution >= 0.6 is 0 Å². The molecule has 0 saturated heterocycles. The first-order chi connectivity index (χ1) is 26.8. The molecule has 0 saturated carbocycles. The Bertz CT molecular complexity index is 3220. The molecule has 10 aromatic rings. The van der Waals surface area contributed by atoms with Gasteiger partial charge >= 0.3 is 0 Å². The van der Waals surface area contributed by atoms with Crippen LogP contribution in [0.5, 0.6) is 0 Å². The Morgan fingerprint density at radius 1 is 0.444 bits per heavy atom. The van der Waals surface area contributed by atoms with Crippen molar-refractivity contribution in [3.63, 3.8) is 0 Å². The van der Waals surface area contributed by atoms with Gasteiger partial charge in [-0.2, -0.15) is 0 Å². The summed E-state index contributed by atoms with van der Waals surface area (Å²) in [6, 6.07) is 58.3. The van der Waals surface area contributed by atoms with E-state index in [9.17, 15) is 0 Å². The fourth-order valence-electron chi connectivity index (χ4n) is 9.83. The van der Waals surface area contributed by atoms with Crippen LogP contribution in [-0.2, 0) is 5.41 Å². The van der Waals surface area contributed by atoms with Gasteiger partial charge in [-0.25, -0.2) is 4.98 Å². The SMILES string of the molecule is C1=Cc2ccc(-c3ccc4c(c3)c3cnccc3n4-c3ccccn3)cc2C2(c3ccccc31)c1ccccc1-c1c2c2ccccc2c2ccccc12. The Labute approximate surface area is 312 Å². The Kier molecular flexibility index (Phi) is 5.98. The van der Waals surface area contributed by atoms with Crippen molar-refractivity contribution >= 4 is 55.5 Å². The van der Waals surface area contributed by atoms with E-state index in [0.717, 1.165) is 27.6 Å². The second kappa shape index (κ2) is 11.0. The highest BCUT2D eigenvalue weighted by Gasteiger charge is 2.50. The van der Waals surface area contributed by atoms with Gasteiger partial charge in [-0.1, -0.05) is 133 Å². The van der Waals surface area contributed by atoms with Crippen LogP contribution in [-0.4, -0.2) is 14.5 Å². The minimum Gasteiger partial charge on any atom is -0.294 e. The molecule has 1 atom stereocenters. The van der Waals surface area contributed by atoms with E-state index in [4.69, 9.17) is 4.98 Å². The largest absolute Gasteiger partial charge is 0.294 e. The van der Waals surface area contributed by atoms with Crippen molar-refractivity contribution in [1.29, 1.82) is 0 Å². The summed E-state index contributed by atoms with van der Waals surface area (Å²) in [5.74, 6) is 0.896. The van der Waals surface area contributed by atoms with Gasteiger partial charge in [0.25, 0.3) is 0 Å². The van der Waals surface area contributed by atoms with Gasteiger partial charge < -0.3 is 0 Å². The van der Waals surface area contributed by atoms with E-state index in [2.05, 4.69) is 167 Å². The first kappa shape index (κ1) is 29.5. The van der Waals surface area contributed by atoms with Crippen molar-refractivity contribution in [2.45, 2.75) is 5.41 Å². The Morgan fingerprint density at radius 3 is 1.96 bits per heavy atom. The molecule has 1 unspecified atom stereocenters. The van der Waals surface area contributed by atoms with E-state index in [-0.39, 0.29) is 0 Å². The number of rotatable bonds is 2. The molecule has 54 heavy (non-hydrogen) atoms. The summed E-state index contributed by atoms with van der Waals surface area (Å²) in [4.78, 5) is 9.29. The Balaban J connectivity index is 1.19. The quantitative estimate of drug-likeness (QED) is 0.170. The van der Waals surface area contributed by atoms with Gasteiger partial charge in [0.1, 0.15) is 5.82 Å². The monoisotopic (exact) mass is 685 g/mol. The molecular weight excluding hydrogens is 655 g/mol. The summed E-state index contributed by atoms with van der Waals surface area (Å²) < 4.78 is 2.24. The zero-order valence-corrected chi connectivity index (χ0v) is 29.2. The summed E-state index contributed by atoms with van der Waals surface area (Å²) in [5.41, 5.74) is 14.4. The molecule has 0 N–H and O–H groups in total. The number of hydrogen-bond acceptors (Lipinski definition) is 2. The number of fused-ring (bicyclic) bond motifs is 17. The number of nitrogens with zero attached hydrogens (tertiary/aromatic N) is 3. The highest BCUT2D eigenvalue weighted by Crippen LogP contribution is 2.62. The smallest absolute Gasteiger partial charge is 0.137 e. The van der Waals surface area contributed by atoms with Crippen molar-refractivity contribution in [3.8, 4) is 28.1 Å². The van der Waals surface area contributed by atoms with Gasteiger partial charge in [-0.05, 0) is 114 Å². The first-order valence-corrected chi connectivity index (χ1v) is 18.6. The first-order valence-electron chi connectivity index (χ1n) is 18.6. The number of pyridine rings is 2. The lowest BCUT2D eigenvalue weighted by Crippen LogP contribution is -2.30.